The zero-order valence-corrected chi connectivity index (χ0v) is 18.7. The molecule has 0 aromatic heterocycles. The molecule has 0 radical (unpaired) electrons. The summed E-state index contributed by atoms with van der Waals surface area (Å²) in [6.45, 7) is 6.78. The molecule has 32 heavy (non-hydrogen) atoms. The van der Waals surface area contributed by atoms with Gasteiger partial charge in [-0.05, 0) is 69.0 Å². The number of benzene rings is 1. The normalized spacial score (nSPS) is 16.8. The molecular weight excluding hydrogens is 427 g/mol. The third-order valence-corrected chi connectivity index (χ3v) is 5.05. The highest BCUT2D eigenvalue weighted by Gasteiger charge is 2.31. The first-order chi connectivity index (χ1) is 15.3. The highest BCUT2D eigenvalue weighted by Crippen LogP contribution is 2.23. The quantitative estimate of drug-likeness (QED) is 0.620. The number of methoxy groups -OCH3 is 1. The number of hydrogen-bond acceptors (Lipinski definition) is 6. The molecule has 2 aliphatic rings. The number of alkyl halides is 3. The summed E-state index contributed by atoms with van der Waals surface area (Å²) in [5.41, 5.74) is 0.327. The highest BCUT2D eigenvalue weighted by atomic mass is 19.4. The van der Waals surface area contributed by atoms with E-state index in [-0.39, 0.29) is 11.7 Å². The number of carbonyl (C=O) groups is 2. The molecule has 2 N–H and O–H groups in total. The zero-order chi connectivity index (χ0) is 24.0. The number of nitrogens with one attached hydrogen (secondary N) is 2. The minimum Gasteiger partial charge on any atom is -0.406 e. The number of piperidine rings is 1. The first-order valence-corrected chi connectivity index (χ1v) is 10.6. The van der Waals surface area contributed by atoms with Crippen LogP contribution >= 0.6 is 0 Å². The van der Waals surface area contributed by atoms with Crippen molar-refractivity contribution in [2.24, 2.45) is 5.92 Å². The summed E-state index contributed by atoms with van der Waals surface area (Å²) in [4.78, 5) is 22.6. The molecule has 0 unspecified atom stereocenters. The van der Waals surface area contributed by atoms with Crippen molar-refractivity contribution >= 4 is 12.7 Å². The van der Waals surface area contributed by atoms with Gasteiger partial charge in [-0.2, -0.15) is 0 Å². The van der Waals surface area contributed by atoms with Crippen LogP contribution in [0.3, 0.4) is 0 Å². The molecule has 0 bridgehead atoms. The molecule has 0 atom stereocenters. The predicted octanol–water partition coefficient (Wildman–Crippen LogP) is 2.86. The molecular formula is C22H34F3N3O4. The Hall–Kier alpha value is -2.17. The van der Waals surface area contributed by atoms with Crippen molar-refractivity contribution in [1.82, 2.24) is 15.5 Å². The average molecular weight is 462 g/mol. The molecule has 182 valence electrons. The van der Waals surface area contributed by atoms with Gasteiger partial charge in [-0.1, -0.05) is 0 Å². The lowest BCUT2D eigenvalue weighted by Gasteiger charge is -2.32. The number of amides is 1. The summed E-state index contributed by atoms with van der Waals surface area (Å²) >= 11 is 0. The molecule has 1 saturated heterocycles. The van der Waals surface area contributed by atoms with E-state index >= 15 is 0 Å². The molecule has 1 aromatic rings. The molecule has 1 amide bonds. The van der Waals surface area contributed by atoms with E-state index in [4.69, 9.17) is 4.79 Å². The van der Waals surface area contributed by atoms with Crippen molar-refractivity contribution in [3.8, 4) is 5.75 Å². The second kappa shape index (κ2) is 14.8. The standard InChI is InChI=1S/C19H26F3N3O2.C2H6O.CH2O/c20-19(21,22)27-17-5-1-15(2-6-17)18(26)24-13-14-7-10-25(11-8-14)12-9-23-16-3-4-16;1-3-2;1-2/h1-2,5-6,14,16,23H,3-4,7-13H2,(H,24,26);1-2H3;1H2. The Morgan fingerprint density at radius 2 is 1.66 bits per heavy atom. The Bertz CT molecular complexity index is 647. The summed E-state index contributed by atoms with van der Waals surface area (Å²) in [6.07, 6.45) is -0.0313. The van der Waals surface area contributed by atoms with Crippen LogP contribution in [0.4, 0.5) is 13.2 Å². The van der Waals surface area contributed by atoms with E-state index in [2.05, 4.69) is 25.0 Å². The maximum absolute atomic E-state index is 12.2. The molecule has 0 spiro atoms. The van der Waals surface area contributed by atoms with Crippen LogP contribution in [0, 0.1) is 5.92 Å². The maximum atomic E-state index is 12.2. The Morgan fingerprint density at radius 1 is 1.09 bits per heavy atom. The van der Waals surface area contributed by atoms with Crippen LogP contribution in [0.25, 0.3) is 0 Å². The van der Waals surface area contributed by atoms with Gasteiger partial charge in [0.05, 0.1) is 0 Å². The summed E-state index contributed by atoms with van der Waals surface area (Å²) < 4.78 is 44.5. The van der Waals surface area contributed by atoms with Crippen LogP contribution in [0.5, 0.6) is 5.75 Å². The number of ether oxygens (including phenoxy) is 2. The van der Waals surface area contributed by atoms with Gasteiger partial charge in [0, 0.05) is 45.5 Å². The summed E-state index contributed by atoms with van der Waals surface area (Å²) in [6, 6.07) is 5.72. The summed E-state index contributed by atoms with van der Waals surface area (Å²) in [7, 11) is 3.25. The maximum Gasteiger partial charge on any atom is 0.573 e. The van der Waals surface area contributed by atoms with Crippen molar-refractivity contribution in [2.75, 3.05) is 46.9 Å². The van der Waals surface area contributed by atoms with E-state index in [9.17, 15) is 18.0 Å². The Balaban J connectivity index is 0.000000944. The van der Waals surface area contributed by atoms with Crippen molar-refractivity contribution in [3.05, 3.63) is 29.8 Å². The molecule has 10 heteroatoms. The van der Waals surface area contributed by atoms with Crippen LogP contribution in [0.1, 0.15) is 36.0 Å². The van der Waals surface area contributed by atoms with Crippen LogP contribution in [-0.4, -0.2) is 76.9 Å². The number of hydrogen-bond donors (Lipinski definition) is 2. The third-order valence-electron chi connectivity index (χ3n) is 5.05. The monoisotopic (exact) mass is 461 g/mol. The summed E-state index contributed by atoms with van der Waals surface area (Å²) in [5, 5.41) is 6.40. The second-order valence-electron chi connectivity index (χ2n) is 7.70. The topological polar surface area (TPSA) is 79.9 Å². The van der Waals surface area contributed by atoms with Crippen molar-refractivity contribution < 1.29 is 32.2 Å². The molecule has 1 aliphatic heterocycles. The van der Waals surface area contributed by atoms with Crippen molar-refractivity contribution in [3.63, 3.8) is 0 Å². The smallest absolute Gasteiger partial charge is 0.406 e. The van der Waals surface area contributed by atoms with Gasteiger partial charge in [0.2, 0.25) is 0 Å². The van der Waals surface area contributed by atoms with E-state index in [0.717, 1.165) is 57.2 Å². The number of halogens is 3. The minimum absolute atomic E-state index is 0.273. The fourth-order valence-electron chi connectivity index (χ4n) is 3.28. The van der Waals surface area contributed by atoms with E-state index in [1.165, 1.54) is 25.0 Å². The van der Waals surface area contributed by atoms with Crippen LogP contribution in [-0.2, 0) is 9.53 Å². The van der Waals surface area contributed by atoms with Crippen LogP contribution in [0.2, 0.25) is 0 Å². The van der Waals surface area contributed by atoms with Gasteiger partial charge in [0.1, 0.15) is 12.5 Å². The van der Waals surface area contributed by atoms with Gasteiger partial charge in [-0.25, -0.2) is 0 Å². The minimum atomic E-state index is -4.73. The first kappa shape index (κ1) is 27.9. The van der Waals surface area contributed by atoms with Gasteiger partial charge < -0.3 is 29.8 Å². The van der Waals surface area contributed by atoms with E-state index in [0.29, 0.717) is 18.0 Å². The van der Waals surface area contributed by atoms with Gasteiger partial charge >= 0.3 is 6.36 Å². The largest absolute Gasteiger partial charge is 0.573 e. The van der Waals surface area contributed by atoms with Crippen LogP contribution < -0.4 is 15.4 Å². The molecule has 1 saturated carbocycles. The lowest BCUT2D eigenvalue weighted by Crippen LogP contribution is -2.41. The molecule has 3 rings (SSSR count). The fourth-order valence-corrected chi connectivity index (χ4v) is 3.28. The second-order valence-corrected chi connectivity index (χ2v) is 7.70. The van der Waals surface area contributed by atoms with Crippen LogP contribution in [0.15, 0.2) is 24.3 Å². The lowest BCUT2D eigenvalue weighted by molar-refractivity contribution is -0.274. The van der Waals surface area contributed by atoms with E-state index in [1.807, 2.05) is 6.79 Å². The highest BCUT2D eigenvalue weighted by molar-refractivity contribution is 5.94. The Kier molecular flexibility index (Phi) is 12.9. The zero-order valence-electron chi connectivity index (χ0n) is 18.7. The molecule has 1 heterocycles. The Morgan fingerprint density at radius 3 is 2.16 bits per heavy atom. The SMILES string of the molecule is C=O.COC.O=C(NCC1CCN(CCNC2CC2)CC1)c1ccc(OC(F)(F)F)cc1. The van der Waals surface area contributed by atoms with Crippen molar-refractivity contribution in [2.45, 2.75) is 38.1 Å². The summed E-state index contributed by atoms with van der Waals surface area (Å²) in [5.74, 6) is -0.165. The van der Waals surface area contributed by atoms with Gasteiger partial charge in [0.25, 0.3) is 5.91 Å². The Labute approximate surface area is 187 Å². The lowest BCUT2D eigenvalue weighted by atomic mass is 9.96. The average Bonchev–Trinajstić information content (AvgIpc) is 3.59. The van der Waals surface area contributed by atoms with Crippen molar-refractivity contribution in [1.29, 1.82) is 0 Å². The third kappa shape index (κ3) is 12.0. The molecule has 1 aliphatic carbocycles. The molecule has 7 nitrogen and oxygen atoms in total. The van der Waals surface area contributed by atoms with Gasteiger partial charge in [-0.15, -0.1) is 13.2 Å². The first-order valence-electron chi connectivity index (χ1n) is 10.6. The van der Waals surface area contributed by atoms with E-state index < -0.39 is 6.36 Å². The number of carbonyl (C=O) groups excluding carboxylic acids is 2. The fraction of sp³-hybridized carbons (Fsp3) is 0.636. The molecule has 1 aromatic carbocycles. The predicted molar refractivity (Wildman–Crippen MR) is 116 cm³/mol. The van der Waals surface area contributed by atoms with E-state index in [1.54, 1.807) is 14.2 Å². The van der Waals surface area contributed by atoms with Gasteiger partial charge in [-0.3, -0.25) is 4.79 Å². The van der Waals surface area contributed by atoms with Gasteiger partial charge in [0.15, 0.2) is 0 Å². The molecule has 2 fully saturated rings. The number of nitrogens with zero attached hydrogens (tertiary/aromatic N) is 1. The number of rotatable bonds is 8. The number of likely N-dealkylation sites (tertiary alicyclic amines) is 1.